The van der Waals surface area contributed by atoms with E-state index in [1.165, 1.54) is 36.1 Å². The molecule has 1 fully saturated rings. The summed E-state index contributed by atoms with van der Waals surface area (Å²) in [7, 11) is 0. The molecule has 6 heteroatoms. The molecule has 2 aromatic carbocycles. The van der Waals surface area contributed by atoms with Crippen molar-refractivity contribution in [3.05, 3.63) is 86.9 Å². The highest BCUT2D eigenvalue weighted by Gasteiger charge is 2.27. The fourth-order valence-corrected chi connectivity index (χ4v) is 7.29. The summed E-state index contributed by atoms with van der Waals surface area (Å²) in [6, 6.07) is 16.7. The number of carbonyl (C=O) groups is 1. The number of halogens is 1. The zero-order chi connectivity index (χ0) is 25.2. The van der Waals surface area contributed by atoms with Crippen LogP contribution in [0.3, 0.4) is 0 Å². The average molecular weight is 530 g/mol. The maximum atomic E-state index is 13.5. The third-order valence-corrected chi connectivity index (χ3v) is 9.14. The Morgan fingerprint density at radius 3 is 2.76 bits per heavy atom. The molecule has 2 heterocycles. The van der Waals surface area contributed by atoms with Crippen LogP contribution in [0, 0.1) is 0 Å². The third kappa shape index (κ3) is 5.25. The Hall–Kier alpha value is -2.89. The zero-order valence-electron chi connectivity index (χ0n) is 21.0. The lowest BCUT2D eigenvalue weighted by molar-refractivity contribution is 0.0927. The van der Waals surface area contributed by atoms with Crippen LogP contribution in [0.15, 0.2) is 59.7 Å². The Labute approximate surface area is 227 Å². The minimum absolute atomic E-state index is 0.0711. The van der Waals surface area contributed by atoms with Gasteiger partial charge in [-0.25, -0.2) is 4.99 Å². The van der Waals surface area contributed by atoms with E-state index in [0.717, 1.165) is 76.3 Å². The highest BCUT2D eigenvalue weighted by molar-refractivity contribution is 7.16. The molecule has 4 nitrogen and oxygen atoms in total. The van der Waals surface area contributed by atoms with Crippen molar-refractivity contribution in [1.29, 1.82) is 0 Å². The van der Waals surface area contributed by atoms with Gasteiger partial charge in [-0.15, -0.1) is 11.3 Å². The maximum Gasteiger partial charge on any atom is 0.254 e. The van der Waals surface area contributed by atoms with Gasteiger partial charge < -0.3 is 9.88 Å². The van der Waals surface area contributed by atoms with Crippen molar-refractivity contribution in [2.24, 2.45) is 4.99 Å². The molecule has 190 valence electrons. The van der Waals surface area contributed by atoms with Crippen LogP contribution in [0.2, 0.25) is 5.02 Å². The van der Waals surface area contributed by atoms with E-state index < -0.39 is 0 Å². The number of hydrogen-bond acceptors (Lipinski definition) is 3. The van der Waals surface area contributed by atoms with Crippen molar-refractivity contribution in [2.75, 3.05) is 0 Å². The molecule has 0 spiro atoms. The van der Waals surface area contributed by atoms with Gasteiger partial charge in [-0.1, -0.05) is 61.2 Å². The smallest absolute Gasteiger partial charge is 0.254 e. The first-order valence-electron chi connectivity index (χ1n) is 13.5. The molecule has 2 aliphatic carbocycles. The zero-order valence-corrected chi connectivity index (χ0v) is 22.6. The topological polar surface area (TPSA) is 46.4 Å². The Morgan fingerprint density at radius 2 is 1.89 bits per heavy atom. The van der Waals surface area contributed by atoms with Gasteiger partial charge in [0.1, 0.15) is 5.00 Å². The molecule has 0 atom stereocenters. The van der Waals surface area contributed by atoms with E-state index in [-0.39, 0.29) is 5.91 Å². The summed E-state index contributed by atoms with van der Waals surface area (Å²) in [5.41, 5.74) is 5.43. The van der Waals surface area contributed by atoms with E-state index in [0.29, 0.717) is 6.04 Å². The number of amides is 1. The van der Waals surface area contributed by atoms with Crippen molar-refractivity contribution >= 4 is 51.0 Å². The van der Waals surface area contributed by atoms with Crippen molar-refractivity contribution in [3.63, 3.8) is 0 Å². The third-order valence-electron chi connectivity index (χ3n) is 7.70. The number of carbonyl (C=O) groups excluding carboxylic acids is 1. The average Bonchev–Trinajstić information content (AvgIpc) is 3.46. The summed E-state index contributed by atoms with van der Waals surface area (Å²) in [5.74, 6) is 0.0711. The summed E-state index contributed by atoms with van der Waals surface area (Å²) >= 11 is 7.94. The number of hydrogen-bond donors (Lipinski definition) is 1. The number of nitrogens with zero attached hydrogens (tertiary/aromatic N) is 2. The highest BCUT2D eigenvalue weighted by Crippen LogP contribution is 2.40. The summed E-state index contributed by atoms with van der Waals surface area (Å²) in [6.45, 7) is 0.733. The fourth-order valence-electron chi connectivity index (χ4n) is 5.85. The van der Waals surface area contributed by atoms with E-state index in [2.05, 4.69) is 46.4 Å². The summed E-state index contributed by atoms with van der Waals surface area (Å²) in [6.07, 6.45) is 14.3. The molecule has 0 saturated heterocycles. The number of para-hydroxylation sites is 1. The van der Waals surface area contributed by atoms with Crippen molar-refractivity contribution < 1.29 is 4.79 Å². The quantitative estimate of drug-likeness (QED) is 0.252. The predicted octanol–water partition coefficient (Wildman–Crippen LogP) is 8.10. The van der Waals surface area contributed by atoms with Gasteiger partial charge in [-0.2, -0.15) is 0 Å². The van der Waals surface area contributed by atoms with E-state index in [1.807, 2.05) is 24.4 Å². The Morgan fingerprint density at radius 1 is 1.05 bits per heavy atom. The van der Waals surface area contributed by atoms with Crippen molar-refractivity contribution in [3.8, 4) is 0 Å². The minimum Gasteiger partial charge on any atom is -0.349 e. The fraction of sp³-hybridized carbons (Fsp3) is 0.355. The first kappa shape index (κ1) is 24.4. The van der Waals surface area contributed by atoms with Crippen molar-refractivity contribution in [1.82, 2.24) is 9.88 Å². The first-order chi connectivity index (χ1) is 18.2. The van der Waals surface area contributed by atoms with Crippen LogP contribution in [-0.2, 0) is 19.4 Å². The predicted molar refractivity (Wildman–Crippen MR) is 155 cm³/mol. The normalized spacial score (nSPS) is 16.4. The van der Waals surface area contributed by atoms with Crippen LogP contribution in [0.25, 0.3) is 10.9 Å². The second-order valence-electron chi connectivity index (χ2n) is 10.3. The Bertz CT molecular complexity index is 1460. The molecule has 1 amide bonds. The Balaban J connectivity index is 1.33. The summed E-state index contributed by atoms with van der Waals surface area (Å²) < 4.78 is 2.25. The molecule has 0 bridgehead atoms. The van der Waals surface area contributed by atoms with E-state index in [4.69, 9.17) is 16.6 Å². The molecule has 4 aromatic rings. The summed E-state index contributed by atoms with van der Waals surface area (Å²) in [4.78, 5) is 19.9. The number of aryl methyl sites for hydroxylation is 1. The number of thiophene rings is 1. The summed E-state index contributed by atoms with van der Waals surface area (Å²) in [5, 5.41) is 6.11. The van der Waals surface area contributed by atoms with E-state index >= 15 is 0 Å². The minimum atomic E-state index is 0.0711. The lowest BCUT2D eigenvalue weighted by atomic mass is 9.93. The van der Waals surface area contributed by atoms with Crippen LogP contribution in [0.5, 0.6) is 0 Å². The van der Waals surface area contributed by atoms with Gasteiger partial charge in [0.15, 0.2) is 0 Å². The Kier molecular flexibility index (Phi) is 7.16. The van der Waals surface area contributed by atoms with E-state index in [1.54, 1.807) is 11.3 Å². The van der Waals surface area contributed by atoms with Gasteiger partial charge in [-0.3, -0.25) is 4.79 Å². The molecular weight excluding hydrogens is 498 g/mol. The van der Waals surface area contributed by atoms with Gasteiger partial charge in [0.05, 0.1) is 5.56 Å². The molecule has 0 radical (unpaired) electrons. The number of benzene rings is 2. The van der Waals surface area contributed by atoms with Crippen LogP contribution in [0.4, 0.5) is 5.00 Å². The van der Waals surface area contributed by atoms with Crippen LogP contribution in [-0.4, -0.2) is 22.7 Å². The SMILES string of the molecule is O=C(NC1CCCCC1)c1c(N=Cc2cn(Cc3cccc(Cl)c3)c3ccccc23)sc2c1CCCC2. The molecule has 37 heavy (non-hydrogen) atoms. The monoisotopic (exact) mass is 529 g/mol. The van der Waals surface area contributed by atoms with Gasteiger partial charge in [0.2, 0.25) is 0 Å². The molecule has 0 aliphatic heterocycles. The van der Waals surface area contributed by atoms with Crippen molar-refractivity contribution in [2.45, 2.75) is 70.4 Å². The number of nitrogens with one attached hydrogen (secondary N) is 1. The standard InChI is InChI=1S/C31H32ClN3OS/c32-23-10-8-9-21(17-23)19-35-20-22(25-13-4-6-15-27(25)35)18-33-31-29(26-14-5-7-16-28(26)37-31)30(36)34-24-11-2-1-3-12-24/h4,6,8-10,13,15,17-18,20,24H,1-3,5,7,11-12,14,16,19H2,(H,34,36). The highest BCUT2D eigenvalue weighted by atomic mass is 35.5. The molecule has 6 rings (SSSR count). The lowest BCUT2D eigenvalue weighted by Gasteiger charge is -2.23. The van der Waals surface area contributed by atoms with Crippen LogP contribution in [0.1, 0.15) is 76.9 Å². The molecular formula is C31H32ClN3OS. The second-order valence-corrected chi connectivity index (χ2v) is 11.8. The molecule has 2 aliphatic rings. The lowest BCUT2D eigenvalue weighted by Crippen LogP contribution is -2.36. The largest absolute Gasteiger partial charge is 0.349 e. The van der Waals surface area contributed by atoms with Gasteiger partial charge >= 0.3 is 0 Å². The number of aliphatic imine (C=N–C) groups is 1. The molecule has 0 unspecified atom stereocenters. The van der Waals surface area contributed by atoms with Crippen LogP contribution >= 0.6 is 22.9 Å². The number of aromatic nitrogens is 1. The second kappa shape index (κ2) is 10.8. The van der Waals surface area contributed by atoms with Gasteiger partial charge in [0, 0.05) is 51.4 Å². The van der Waals surface area contributed by atoms with E-state index in [9.17, 15) is 4.79 Å². The number of rotatable bonds is 6. The first-order valence-corrected chi connectivity index (χ1v) is 14.7. The maximum absolute atomic E-state index is 13.5. The molecule has 1 saturated carbocycles. The van der Waals surface area contributed by atoms with Gasteiger partial charge in [-0.05, 0) is 67.9 Å². The van der Waals surface area contributed by atoms with Crippen LogP contribution < -0.4 is 5.32 Å². The number of fused-ring (bicyclic) bond motifs is 2. The molecule has 1 N–H and O–H groups in total. The van der Waals surface area contributed by atoms with Gasteiger partial charge in [0.25, 0.3) is 5.91 Å². The molecule has 2 aromatic heterocycles.